The average molecular weight is 1110 g/mol. The first-order chi connectivity index (χ1) is 37.3. The number of aromatic nitrogens is 6. The topological polar surface area (TPSA) is 241 Å². The van der Waals surface area contributed by atoms with Crippen LogP contribution in [-0.2, 0) is 19.4 Å². The van der Waals surface area contributed by atoms with Crippen molar-refractivity contribution < 1.29 is 36.7 Å². The molecule has 3 amide bonds. The van der Waals surface area contributed by atoms with E-state index in [0.717, 1.165) is 56.2 Å². The molecule has 3 aliphatic heterocycles. The molecular formula is C55H68FN13O7S2. The van der Waals surface area contributed by atoms with Gasteiger partial charge in [-0.2, -0.15) is 5.10 Å². The summed E-state index contributed by atoms with van der Waals surface area (Å²) in [7, 11) is -2.15. The van der Waals surface area contributed by atoms with Gasteiger partial charge in [-0.1, -0.05) is 0 Å². The van der Waals surface area contributed by atoms with Gasteiger partial charge in [-0.05, 0) is 129 Å². The molecule has 0 aliphatic carbocycles. The van der Waals surface area contributed by atoms with E-state index in [4.69, 9.17) is 9.72 Å². The van der Waals surface area contributed by atoms with E-state index in [9.17, 15) is 32.0 Å². The Balaban J connectivity index is 0.770. The lowest BCUT2D eigenvalue weighted by atomic mass is 9.87. The number of likely N-dealkylation sites (tertiary alicyclic amines) is 2. The number of nitrogens with zero attached hydrogens (tertiary/aromatic N) is 9. The molecule has 0 radical (unpaired) electrons. The zero-order chi connectivity index (χ0) is 55.5. The molecule has 6 aromatic rings. The van der Waals surface area contributed by atoms with Crippen LogP contribution in [0.3, 0.4) is 0 Å². The number of likely N-dealkylation sites (N-methyl/N-ethyl adjacent to an activating group) is 1. The number of fused-ring (bicyclic) bond motifs is 1. The number of aromatic amines is 1. The van der Waals surface area contributed by atoms with Gasteiger partial charge < -0.3 is 35.4 Å². The van der Waals surface area contributed by atoms with Crippen molar-refractivity contribution in [3.8, 4) is 5.75 Å². The van der Waals surface area contributed by atoms with E-state index >= 15 is 0 Å². The zero-order valence-electron chi connectivity index (χ0n) is 45.1. The highest BCUT2D eigenvalue weighted by atomic mass is 32.2. The Labute approximate surface area is 457 Å². The van der Waals surface area contributed by atoms with Crippen molar-refractivity contribution in [2.24, 2.45) is 5.92 Å². The number of amides is 3. The number of H-pyrrole nitrogens is 1. The number of halogens is 1. The van der Waals surface area contributed by atoms with Gasteiger partial charge in [0.2, 0.25) is 17.6 Å². The van der Waals surface area contributed by atoms with Crippen molar-refractivity contribution in [1.82, 2.24) is 55.5 Å². The molecule has 414 valence electrons. The highest BCUT2D eigenvalue weighted by molar-refractivity contribution is 7.92. The van der Waals surface area contributed by atoms with Gasteiger partial charge in [0.25, 0.3) is 5.91 Å². The number of carbonyl (C=O) groups is 4. The van der Waals surface area contributed by atoms with Crippen molar-refractivity contribution in [3.05, 3.63) is 105 Å². The molecule has 0 spiro atoms. The SMILES string of the molecule is CN[C@@H](C)C(=O)N[C@H](C(=O)N1CCC[C@H]1c1nc(C(=O)c2ccc(F)cc2)cs1)C1CCN(C(=O)c2ccc(N3CCN(CCCOc4cc5ncnc(Nc6n[nH]c(C)c6C)c5cc4S(=O)(=O)C(C)(C)C)CC3)nc2)CC1. The van der Waals surface area contributed by atoms with E-state index in [-0.39, 0.29) is 51.8 Å². The van der Waals surface area contributed by atoms with Gasteiger partial charge in [0.15, 0.2) is 15.7 Å². The quantitative estimate of drug-likeness (QED) is 0.0537. The number of rotatable bonds is 18. The smallest absolute Gasteiger partial charge is 0.255 e. The van der Waals surface area contributed by atoms with E-state index in [2.05, 4.69) is 50.9 Å². The van der Waals surface area contributed by atoms with Crippen LogP contribution in [0.25, 0.3) is 10.9 Å². The number of benzene rings is 2. The third kappa shape index (κ3) is 12.0. The van der Waals surface area contributed by atoms with E-state index < -0.39 is 32.5 Å². The number of nitrogens with one attached hydrogen (secondary N) is 4. The van der Waals surface area contributed by atoms with Gasteiger partial charge in [-0.15, -0.1) is 11.3 Å². The van der Waals surface area contributed by atoms with Gasteiger partial charge >= 0.3 is 0 Å². The Morgan fingerprint density at radius 2 is 1.64 bits per heavy atom. The molecule has 3 aliphatic rings. The minimum atomic E-state index is -3.84. The Morgan fingerprint density at radius 1 is 0.910 bits per heavy atom. The van der Waals surface area contributed by atoms with Crippen LogP contribution in [0, 0.1) is 25.6 Å². The summed E-state index contributed by atoms with van der Waals surface area (Å²) in [6.07, 6.45) is 6.08. The number of pyridine rings is 1. The molecule has 78 heavy (non-hydrogen) atoms. The summed E-state index contributed by atoms with van der Waals surface area (Å²) in [4.78, 5) is 81.4. The van der Waals surface area contributed by atoms with E-state index in [1.807, 2.05) is 26.0 Å². The van der Waals surface area contributed by atoms with Crippen molar-refractivity contribution in [2.45, 2.75) is 101 Å². The third-order valence-electron chi connectivity index (χ3n) is 15.2. The Hall–Kier alpha value is -6.95. The van der Waals surface area contributed by atoms with Crippen molar-refractivity contribution in [2.75, 3.05) is 76.2 Å². The van der Waals surface area contributed by atoms with Crippen molar-refractivity contribution in [1.29, 1.82) is 0 Å². The number of thiazole rings is 1. The predicted octanol–water partition coefficient (Wildman–Crippen LogP) is 6.41. The van der Waals surface area contributed by atoms with Gasteiger partial charge in [-0.3, -0.25) is 29.2 Å². The Bertz CT molecular complexity index is 3260. The minimum absolute atomic E-state index is 0.0756. The molecule has 23 heteroatoms. The second-order valence-electron chi connectivity index (χ2n) is 21.3. The maximum atomic E-state index is 14.6. The minimum Gasteiger partial charge on any atom is -0.492 e. The van der Waals surface area contributed by atoms with Crippen LogP contribution in [0.15, 0.2) is 71.3 Å². The number of ketones is 1. The molecule has 7 heterocycles. The molecule has 3 atom stereocenters. The van der Waals surface area contributed by atoms with Gasteiger partial charge in [0.05, 0.1) is 34.5 Å². The lowest BCUT2D eigenvalue weighted by molar-refractivity contribution is -0.139. The lowest BCUT2D eigenvalue weighted by Crippen LogP contribution is -2.57. The first kappa shape index (κ1) is 55.8. The zero-order valence-corrected chi connectivity index (χ0v) is 46.8. The first-order valence-electron chi connectivity index (χ1n) is 26.5. The van der Waals surface area contributed by atoms with Crippen LogP contribution in [0.5, 0.6) is 5.75 Å². The maximum absolute atomic E-state index is 14.6. The van der Waals surface area contributed by atoms with E-state index in [1.165, 1.54) is 41.9 Å². The summed E-state index contributed by atoms with van der Waals surface area (Å²) in [6.45, 7) is 15.9. The molecule has 0 bridgehead atoms. The van der Waals surface area contributed by atoms with Crippen LogP contribution in [-0.4, -0.2) is 160 Å². The number of piperazine rings is 1. The molecular weight excluding hydrogens is 1040 g/mol. The summed E-state index contributed by atoms with van der Waals surface area (Å²) in [5.41, 5.74) is 3.37. The maximum Gasteiger partial charge on any atom is 0.255 e. The number of ether oxygens (including phenoxy) is 1. The van der Waals surface area contributed by atoms with Gasteiger partial charge in [-0.25, -0.2) is 32.7 Å². The third-order valence-corrected chi connectivity index (χ3v) is 18.7. The number of sulfone groups is 1. The van der Waals surface area contributed by atoms with E-state index in [0.29, 0.717) is 90.6 Å². The molecule has 20 nitrogen and oxygen atoms in total. The van der Waals surface area contributed by atoms with E-state index in [1.54, 1.807) is 68.3 Å². The molecule has 3 saturated heterocycles. The van der Waals surface area contributed by atoms with Gasteiger partial charge in [0.1, 0.15) is 51.2 Å². The molecule has 4 aromatic heterocycles. The average Bonchev–Trinajstić information content (AvgIpc) is 4.26. The molecule has 3 fully saturated rings. The molecule has 0 saturated carbocycles. The Kier molecular flexibility index (Phi) is 16.9. The number of hydrogen-bond acceptors (Lipinski definition) is 17. The summed E-state index contributed by atoms with van der Waals surface area (Å²) in [6, 6.07) is 10.5. The fraction of sp³-hybridized carbons (Fsp3) is 0.473. The highest BCUT2D eigenvalue weighted by Crippen LogP contribution is 2.39. The number of aryl methyl sites for hydroxylation is 1. The fourth-order valence-electron chi connectivity index (χ4n) is 10.1. The first-order valence-corrected chi connectivity index (χ1v) is 28.9. The number of piperidine rings is 1. The van der Waals surface area contributed by atoms with Crippen LogP contribution in [0.4, 0.5) is 21.8 Å². The summed E-state index contributed by atoms with van der Waals surface area (Å²) < 4.78 is 46.7. The number of hydrogen-bond donors (Lipinski definition) is 4. The van der Waals surface area contributed by atoms with Crippen LogP contribution in [0.2, 0.25) is 0 Å². The monoisotopic (exact) mass is 1110 g/mol. The van der Waals surface area contributed by atoms with Crippen molar-refractivity contribution >= 4 is 73.0 Å². The predicted molar refractivity (Wildman–Crippen MR) is 296 cm³/mol. The second kappa shape index (κ2) is 23.6. The normalized spacial score (nSPS) is 17.5. The standard InChI is InChI=1S/C55H68FN13O7S2/c1-33-34(2)64-65-49(33)63-50-40-28-45(78(74,75)55(4,5)6)44(29-41(40)59-32-60-50)76-27-9-19-66-23-25-67(26-24-66)46-16-13-38(30-58-46)53(72)68-21-17-36(18-22-68)47(62-51(71)35(3)57-7)54(73)69-20-8-10-43(69)52-61-42(31-77-52)48(70)37-11-14-39(56)15-12-37/h11-16,28-32,35-36,43,47,57H,8-10,17-27H2,1-7H3,(H,62,71)(H2,59,60,63,64,65)/t35-,43-,47-/m0/s1. The lowest BCUT2D eigenvalue weighted by Gasteiger charge is -2.38. The highest BCUT2D eigenvalue weighted by Gasteiger charge is 2.42. The second-order valence-corrected chi connectivity index (χ2v) is 24.8. The molecule has 9 rings (SSSR count). The fourth-order valence-corrected chi connectivity index (χ4v) is 12.3. The molecule has 2 aromatic carbocycles. The summed E-state index contributed by atoms with van der Waals surface area (Å²) in [5.74, 6) is 0.370. The van der Waals surface area contributed by atoms with Crippen LogP contribution < -0.4 is 25.6 Å². The summed E-state index contributed by atoms with van der Waals surface area (Å²) in [5, 5.41) is 19.4. The van der Waals surface area contributed by atoms with Gasteiger partial charge in [0, 0.05) is 92.2 Å². The molecule has 0 unspecified atom stereocenters. The number of carbonyl (C=O) groups excluding carboxylic acids is 4. The van der Waals surface area contributed by atoms with Crippen LogP contribution in [0.1, 0.15) is 109 Å². The Morgan fingerprint density at radius 3 is 2.31 bits per heavy atom. The largest absolute Gasteiger partial charge is 0.492 e. The molecule has 4 N–H and O–H groups in total. The summed E-state index contributed by atoms with van der Waals surface area (Å²) >= 11 is 1.31. The number of anilines is 3. The van der Waals surface area contributed by atoms with Crippen molar-refractivity contribution in [3.63, 3.8) is 0 Å². The van der Waals surface area contributed by atoms with Crippen LogP contribution >= 0.6 is 11.3 Å².